The van der Waals surface area contributed by atoms with Crippen LogP contribution in [-0.4, -0.2) is 24.7 Å². The zero-order chi connectivity index (χ0) is 14.0. The Morgan fingerprint density at radius 3 is 2.74 bits per heavy atom. The molecule has 1 aliphatic rings. The minimum absolute atomic E-state index is 0.352. The van der Waals surface area contributed by atoms with E-state index in [1.807, 2.05) is 20.8 Å². The van der Waals surface area contributed by atoms with Crippen molar-refractivity contribution in [1.29, 1.82) is 0 Å². The van der Waals surface area contributed by atoms with Gasteiger partial charge in [0.1, 0.15) is 11.4 Å². The molecule has 0 saturated carbocycles. The van der Waals surface area contributed by atoms with Crippen LogP contribution in [0.4, 0.5) is 10.5 Å². The van der Waals surface area contributed by atoms with Gasteiger partial charge in [-0.05, 0) is 51.0 Å². The van der Waals surface area contributed by atoms with Crippen LogP contribution in [-0.2, 0) is 16.0 Å². The zero-order valence-corrected chi connectivity index (χ0v) is 11.3. The Labute approximate surface area is 112 Å². The van der Waals surface area contributed by atoms with Gasteiger partial charge in [0, 0.05) is 6.54 Å². The number of fused-ring (bicyclic) bond motifs is 1. The molecule has 1 aromatic rings. The molecule has 0 N–H and O–H groups in total. The first kappa shape index (κ1) is 13.4. The molecule has 1 heterocycles. The molecule has 0 spiro atoms. The second-order valence-corrected chi connectivity index (χ2v) is 5.39. The van der Waals surface area contributed by atoms with E-state index >= 15 is 0 Å². The number of carbonyl (C=O) groups is 2. The molecule has 19 heavy (non-hydrogen) atoms. The Kier molecular flexibility index (Phi) is 3.46. The smallest absolute Gasteiger partial charge is 0.414 e. The summed E-state index contributed by atoms with van der Waals surface area (Å²) in [4.78, 5) is 24.0. The van der Waals surface area contributed by atoms with Gasteiger partial charge in [-0.15, -0.1) is 0 Å². The summed E-state index contributed by atoms with van der Waals surface area (Å²) < 4.78 is 10.1. The molecule has 0 unspecified atom stereocenters. The van der Waals surface area contributed by atoms with Crippen molar-refractivity contribution in [2.45, 2.75) is 32.8 Å². The Balaban J connectivity index is 2.18. The maximum absolute atomic E-state index is 12.1. The maximum Gasteiger partial charge on any atom is 0.414 e. The molecule has 5 nitrogen and oxygen atoms in total. The van der Waals surface area contributed by atoms with Crippen LogP contribution < -0.4 is 9.64 Å². The van der Waals surface area contributed by atoms with Crippen LogP contribution in [0.5, 0.6) is 5.75 Å². The predicted octanol–water partition coefficient (Wildman–Crippen LogP) is 2.52. The topological polar surface area (TPSA) is 55.8 Å². The SMILES string of the molecule is CC(C)(C)OC(=O)N1CCc2cc(OC=O)ccc21. The summed E-state index contributed by atoms with van der Waals surface area (Å²) in [5.41, 5.74) is 1.28. The molecular formula is C14H17NO4. The van der Waals surface area contributed by atoms with Gasteiger partial charge < -0.3 is 9.47 Å². The third-order valence-electron chi connectivity index (χ3n) is 2.74. The molecule has 0 saturated heterocycles. The molecule has 1 aromatic carbocycles. The highest BCUT2D eigenvalue weighted by molar-refractivity contribution is 5.90. The number of hydrogen-bond donors (Lipinski definition) is 0. The van der Waals surface area contributed by atoms with Gasteiger partial charge in [-0.2, -0.15) is 0 Å². The number of nitrogens with zero attached hydrogens (tertiary/aromatic N) is 1. The van der Waals surface area contributed by atoms with E-state index in [1.54, 1.807) is 23.1 Å². The van der Waals surface area contributed by atoms with Crippen molar-refractivity contribution >= 4 is 18.3 Å². The first-order valence-electron chi connectivity index (χ1n) is 6.14. The van der Waals surface area contributed by atoms with Gasteiger partial charge in [0.15, 0.2) is 0 Å². The molecule has 0 radical (unpaired) electrons. The number of hydrogen-bond acceptors (Lipinski definition) is 4. The number of amides is 1. The molecule has 5 heteroatoms. The lowest BCUT2D eigenvalue weighted by Gasteiger charge is -2.24. The lowest BCUT2D eigenvalue weighted by Crippen LogP contribution is -2.35. The number of rotatable bonds is 2. The normalized spacial score (nSPS) is 13.9. The molecule has 0 bridgehead atoms. The molecular weight excluding hydrogens is 246 g/mol. The van der Waals surface area contributed by atoms with Crippen molar-refractivity contribution in [3.05, 3.63) is 23.8 Å². The van der Waals surface area contributed by atoms with Crippen molar-refractivity contribution in [1.82, 2.24) is 0 Å². The summed E-state index contributed by atoms with van der Waals surface area (Å²) in [7, 11) is 0. The minimum atomic E-state index is -0.513. The van der Waals surface area contributed by atoms with Crippen molar-refractivity contribution in [2.75, 3.05) is 11.4 Å². The fourth-order valence-electron chi connectivity index (χ4n) is 2.01. The Morgan fingerprint density at radius 1 is 1.37 bits per heavy atom. The van der Waals surface area contributed by atoms with E-state index in [2.05, 4.69) is 0 Å². The van der Waals surface area contributed by atoms with E-state index in [4.69, 9.17) is 9.47 Å². The Morgan fingerprint density at radius 2 is 2.11 bits per heavy atom. The highest BCUT2D eigenvalue weighted by atomic mass is 16.6. The maximum atomic E-state index is 12.1. The second-order valence-electron chi connectivity index (χ2n) is 5.39. The lowest BCUT2D eigenvalue weighted by molar-refractivity contribution is -0.120. The van der Waals surface area contributed by atoms with Crippen LogP contribution in [0.25, 0.3) is 0 Å². The van der Waals surface area contributed by atoms with Crippen LogP contribution >= 0.6 is 0 Å². The van der Waals surface area contributed by atoms with Gasteiger partial charge in [-0.3, -0.25) is 9.69 Å². The third kappa shape index (κ3) is 3.05. The lowest BCUT2D eigenvalue weighted by atomic mass is 10.1. The number of ether oxygens (including phenoxy) is 2. The van der Waals surface area contributed by atoms with Gasteiger partial charge in [0.05, 0.1) is 5.69 Å². The monoisotopic (exact) mass is 263 g/mol. The minimum Gasteiger partial charge on any atom is -0.443 e. The summed E-state index contributed by atoms with van der Waals surface area (Å²) in [6.45, 7) is 6.48. The fourth-order valence-corrected chi connectivity index (χ4v) is 2.01. The summed E-state index contributed by atoms with van der Waals surface area (Å²) in [6, 6.07) is 5.20. The van der Waals surface area contributed by atoms with Gasteiger partial charge in [0.2, 0.25) is 0 Å². The largest absolute Gasteiger partial charge is 0.443 e. The van der Waals surface area contributed by atoms with E-state index < -0.39 is 5.60 Å². The molecule has 0 aliphatic carbocycles. The molecule has 0 fully saturated rings. The molecule has 102 valence electrons. The second kappa shape index (κ2) is 4.91. The van der Waals surface area contributed by atoms with Crippen LogP contribution in [0.15, 0.2) is 18.2 Å². The van der Waals surface area contributed by atoms with Gasteiger partial charge in [0.25, 0.3) is 6.47 Å². The van der Waals surface area contributed by atoms with E-state index in [1.165, 1.54) is 0 Å². The van der Waals surface area contributed by atoms with Crippen molar-refractivity contribution in [3.8, 4) is 5.75 Å². The Bertz CT molecular complexity index is 505. The summed E-state index contributed by atoms with van der Waals surface area (Å²) >= 11 is 0. The van der Waals surface area contributed by atoms with Crippen molar-refractivity contribution < 1.29 is 19.1 Å². The quantitative estimate of drug-likeness (QED) is 0.769. The third-order valence-corrected chi connectivity index (χ3v) is 2.74. The Hall–Kier alpha value is -2.04. The van der Waals surface area contributed by atoms with Crippen molar-refractivity contribution in [3.63, 3.8) is 0 Å². The number of benzene rings is 1. The molecule has 0 atom stereocenters. The first-order chi connectivity index (χ1) is 8.90. The zero-order valence-electron chi connectivity index (χ0n) is 11.3. The number of carbonyl (C=O) groups excluding carboxylic acids is 2. The van der Waals surface area contributed by atoms with Gasteiger partial charge in [-0.1, -0.05) is 0 Å². The molecule has 2 rings (SSSR count). The van der Waals surface area contributed by atoms with Crippen LogP contribution in [0.2, 0.25) is 0 Å². The molecule has 1 amide bonds. The van der Waals surface area contributed by atoms with Crippen LogP contribution in [0.1, 0.15) is 26.3 Å². The summed E-state index contributed by atoms with van der Waals surface area (Å²) in [6.07, 6.45) is 0.375. The van der Waals surface area contributed by atoms with Gasteiger partial charge >= 0.3 is 6.09 Å². The summed E-state index contributed by atoms with van der Waals surface area (Å²) in [5.74, 6) is 0.486. The summed E-state index contributed by atoms with van der Waals surface area (Å²) in [5, 5.41) is 0. The standard InChI is InChI=1S/C14H17NO4/c1-14(2,3)19-13(17)15-7-6-10-8-11(18-9-16)4-5-12(10)15/h4-5,8-9H,6-7H2,1-3H3. The highest BCUT2D eigenvalue weighted by Gasteiger charge is 2.29. The van der Waals surface area contributed by atoms with E-state index in [0.717, 1.165) is 17.7 Å². The van der Waals surface area contributed by atoms with Crippen LogP contribution in [0, 0.1) is 0 Å². The van der Waals surface area contributed by atoms with Crippen LogP contribution in [0.3, 0.4) is 0 Å². The average molecular weight is 263 g/mol. The van der Waals surface area contributed by atoms with Gasteiger partial charge in [-0.25, -0.2) is 4.79 Å². The highest BCUT2D eigenvalue weighted by Crippen LogP contribution is 2.32. The predicted molar refractivity (Wildman–Crippen MR) is 70.4 cm³/mol. The molecule has 0 aromatic heterocycles. The van der Waals surface area contributed by atoms with Crippen molar-refractivity contribution in [2.24, 2.45) is 0 Å². The fraction of sp³-hybridized carbons (Fsp3) is 0.429. The number of anilines is 1. The first-order valence-corrected chi connectivity index (χ1v) is 6.14. The molecule has 1 aliphatic heterocycles. The van der Waals surface area contributed by atoms with E-state index in [9.17, 15) is 9.59 Å². The van der Waals surface area contributed by atoms with E-state index in [0.29, 0.717) is 18.8 Å². The van der Waals surface area contributed by atoms with E-state index in [-0.39, 0.29) is 6.09 Å². The average Bonchev–Trinajstić information content (AvgIpc) is 2.70.